The maximum atomic E-state index is 14.0. The molecule has 1 aromatic rings. The summed E-state index contributed by atoms with van der Waals surface area (Å²) in [5.74, 6) is 1.32. The molecule has 2 amide bonds. The monoisotopic (exact) mass is 524 g/mol. The number of fused-ring (bicyclic) bond motifs is 5. The highest BCUT2D eigenvalue weighted by molar-refractivity contribution is 5.96. The maximum Gasteiger partial charge on any atom is 0.247 e. The third-order valence-corrected chi connectivity index (χ3v) is 10.2. The van der Waals surface area contributed by atoms with Crippen LogP contribution in [0.1, 0.15) is 51.0 Å². The quantitative estimate of drug-likeness (QED) is 0.505. The van der Waals surface area contributed by atoms with Gasteiger partial charge in [0.2, 0.25) is 11.8 Å². The maximum absolute atomic E-state index is 14.0. The minimum atomic E-state index is -0.987. The Labute approximate surface area is 224 Å². The topological polar surface area (TPSA) is 108 Å². The van der Waals surface area contributed by atoms with Gasteiger partial charge in [0.05, 0.1) is 31.1 Å². The summed E-state index contributed by atoms with van der Waals surface area (Å²) < 4.78 is 11.8. The number of nitrogens with zero attached hydrogens (tertiary/aromatic N) is 1. The Morgan fingerprint density at radius 1 is 1.18 bits per heavy atom. The number of amides is 2. The molecule has 1 saturated heterocycles. The van der Waals surface area contributed by atoms with Crippen molar-refractivity contribution in [1.82, 2.24) is 10.2 Å². The normalized spacial score (nSPS) is 36.3. The first-order valence-corrected chi connectivity index (χ1v) is 14.2. The molecule has 2 bridgehead atoms. The molecule has 3 N–H and O–H groups in total. The van der Waals surface area contributed by atoms with Crippen LogP contribution in [-0.2, 0) is 14.3 Å². The van der Waals surface area contributed by atoms with Gasteiger partial charge in [-0.1, -0.05) is 32.0 Å². The molecule has 1 aromatic carbocycles. The standard InChI is InChI=1S/C30H40N2O6/c1-30(2)19-8-7-17(22(30)13-19)15-32(29(36)18-9-12-37-16-18)23-14-21(28(35)31-10-11-33)25-20-5-3-4-6-24(20)38-27(25)26(23)34/h3-6,14,17-19,22-23,25-27,33-34H,7-13,15-16H2,1-2H3,(H,31,35). The predicted molar refractivity (Wildman–Crippen MR) is 140 cm³/mol. The summed E-state index contributed by atoms with van der Waals surface area (Å²) in [6.45, 7) is 6.17. The summed E-state index contributed by atoms with van der Waals surface area (Å²) in [6, 6.07) is 6.88. The number of aliphatic hydroxyl groups excluding tert-OH is 2. The fourth-order valence-electron chi connectivity index (χ4n) is 7.95. The number of rotatable bonds is 7. The number of nitrogens with one attached hydrogen (secondary N) is 1. The third kappa shape index (κ3) is 4.16. The number of ether oxygens (including phenoxy) is 2. The van der Waals surface area contributed by atoms with Crippen LogP contribution in [0, 0.1) is 29.1 Å². The van der Waals surface area contributed by atoms with Gasteiger partial charge in [0, 0.05) is 30.8 Å². The van der Waals surface area contributed by atoms with Crippen molar-refractivity contribution in [2.24, 2.45) is 29.1 Å². The highest BCUT2D eigenvalue weighted by Crippen LogP contribution is 2.61. The van der Waals surface area contributed by atoms with Crippen LogP contribution >= 0.6 is 0 Å². The van der Waals surface area contributed by atoms with Gasteiger partial charge in [-0.3, -0.25) is 9.59 Å². The molecule has 8 heteroatoms. The molecule has 8 unspecified atom stereocenters. The predicted octanol–water partition coefficient (Wildman–Crippen LogP) is 2.25. The van der Waals surface area contributed by atoms with Crippen LogP contribution in [0.25, 0.3) is 0 Å². The molecule has 2 heterocycles. The van der Waals surface area contributed by atoms with Crippen molar-refractivity contribution in [1.29, 1.82) is 0 Å². The lowest BCUT2D eigenvalue weighted by molar-refractivity contribution is -0.150. The van der Waals surface area contributed by atoms with Crippen molar-refractivity contribution in [3.05, 3.63) is 41.5 Å². The van der Waals surface area contributed by atoms with Gasteiger partial charge in [0.1, 0.15) is 18.0 Å². The summed E-state index contributed by atoms with van der Waals surface area (Å²) in [5, 5.41) is 23.9. The lowest BCUT2D eigenvalue weighted by Crippen LogP contribution is -2.60. The first kappa shape index (κ1) is 25.8. The van der Waals surface area contributed by atoms with Gasteiger partial charge in [0.25, 0.3) is 0 Å². The van der Waals surface area contributed by atoms with E-state index in [1.807, 2.05) is 29.2 Å². The molecule has 8 atom stereocenters. The van der Waals surface area contributed by atoms with E-state index in [9.17, 15) is 19.8 Å². The van der Waals surface area contributed by atoms with Crippen LogP contribution in [-0.4, -0.2) is 78.1 Å². The molecule has 8 nitrogen and oxygen atoms in total. The minimum absolute atomic E-state index is 0.00821. The SMILES string of the molecule is CC1(C)C2CCC(CN(C(=O)C3CCOC3)C3C=C(C(=O)NCCO)C4c5ccccc5OC4C3O)C1C2. The molecule has 4 fully saturated rings. The molecule has 3 saturated carbocycles. The van der Waals surface area contributed by atoms with E-state index in [-0.39, 0.29) is 36.3 Å². The second-order valence-corrected chi connectivity index (χ2v) is 12.4. The molecular weight excluding hydrogens is 484 g/mol. The van der Waals surface area contributed by atoms with Gasteiger partial charge in [-0.25, -0.2) is 0 Å². The van der Waals surface area contributed by atoms with E-state index >= 15 is 0 Å². The van der Waals surface area contributed by atoms with E-state index < -0.39 is 24.2 Å². The van der Waals surface area contributed by atoms with Crippen molar-refractivity contribution in [3.8, 4) is 5.75 Å². The molecule has 7 rings (SSSR count). The molecule has 6 aliphatic rings. The molecule has 38 heavy (non-hydrogen) atoms. The molecule has 0 spiro atoms. The Kier molecular flexibility index (Phi) is 6.77. The van der Waals surface area contributed by atoms with Crippen LogP contribution in [0.5, 0.6) is 5.75 Å². The van der Waals surface area contributed by atoms with E-state index in [4.69, 9.17) is 9.47 Å². The van der Waals surface area contributed by atoms with Crippen LogP contribution in [0.4, 0.5) is 0 Å². The van der Waals surface area contributed by atoms with E-state index in [2.05, 4.69) is 19.2 Å². The Balaban J connectivity index is 1.37. The summed E-state index contributed by atoms with van der Waals surface area (Å²) in [6.07, 6.45) is 4.25. The second-order valence-electron chi connectivity index (χ2n) is 12.4. The summed E-state index contributed by atoms with van der Waals surface area (Å²) in [7, 11) is 0. The van der Waals surface area contributed by atoms with Crippen molar-refractivity contribution >= 4 is 11.8 Å². The largest absolute Gasteiger partial charge is 0.486 e. The molecule has 0 radical (unpaired) electrons. The van der Waals surface area contributed by atoms with E-state index in [1.54, 1.807) is 6.08 Å². The lowest BCUT2D eigenvalue weighted by atomic mass is 9.45. The highest BCUT2D eigenvalue weighted by Gasteiger charge is 2.56. The summed E-state index contributed by atoms with van der Waals surface area (Å²) in [5.41, 5.74) is 1.61. The van der Waals surface area contributed by atoms with Gasteiger partial charge in [-0.05, 0) is 61.0 Å². The number of hydrogen-bond acceptors (Lipinski definition) is 6. The van der Waals surface area contributed by atoms with Crippen molar-refractivity contribution < 1.29 is 29.3 Å². The van der Waals surface area contributed by atoms with Gasteiger partial charge < -0.3 is 29.9 Å². The minimum Gasteiger partial charge on any atom is -0.486 e. The first-order chi connectivity index (χ1) is 18.3. The van der Waals surface area contributed by atoms with Crippen LogP contribution in [0.3, 0.4) is 0 Å². The molecule has 0 aromatic heterocycles. The zero-order valence-electron chi connectivity index (χ0n) is 22.3. The number of para-hydroxylation sites is 1. The Bertz CT molecular complexity index is 1110. The average molecular weight is 525 g/mol. The van der Waals surface area contributed by atoms with E-state index in [0.29, 0.717) is 49.3 Å². The lowest BCUT2D eigenvalue weighted by Gasteiger charge is -2.61. The zero-order chi connectivity index (χ0) is 26.6. The van der Waals surface area contributed by atoms with E-state index in [1.165, 1.54) is 12.8 Å². The first-order valence-electron chi connectivity index (χ1n) is 14.2. The molecular formula is C30H40N2O6. The summed E-state index contributed by atoms with van der Waals surface area (Å²) >= 11 is 0. The molecule has 4 aliphatic carbocycles. The van der Waals surface area contributed by atoms with Gasteiger partial charge in [0.15, 0.2) is 0 Å². The Morgan fingerprint density at radius 2 is 2.00 bits per heavy atom. The fourth-order valence-corrected chi connectivity index (χ4v) is 7.95. The zero-order valence-corrected chi connectivity index (χ0v) is 22.3. The second kappa shape index (κ2) is 9.96. The number of carbonyl (C=O) groups is 2. The number of aliphatic hydroxyl groups is 2. The van der Waals surface area contributed by atoms with Gasteiger partial charge >= 0.3 is 0 Å². The van der Waals surface area contributed by atoms with Gasteiger partial charge in [-0.2, -0.15) is 0 Å². The van der Waals surface area contributed by atoms with Crippen LogP contribution < -0.4 is 10.1 Å². The molecule has 2 aliphatic heterocycles. The average Bonchev–Trinajstić information content (AvgIpc) is 3.59. The van der Waals surface area contributed by atoms with Crippen molar-refractivity contribution in [2.75, 3.05) is 32.9 Å². The Hall–Kier alpha value is -2.42. The number of benzene rings is 1. The fraction of sp³-hybridized carbons (Fsp3) is 0.667. The van der Waals surface area contributed by atoms with Crippen molar-refractivity contribution in [2.45, 2.75) is 63.7 Å². The third-order valence-electron chi connectivity index (χ3n) is 10.2. The van der Waals surface area contributed by atoms with E-state index in [0.717, 1.165) is 17.9 Å². The van der Waals surface area contributed by atoms with Crippen molar-refractivity contribution in [3.63, 3.8) is 0 Å². The summed E-state index contributed by atoms with van der Waals surface area (Å²) in [4.78, 5) is 29.3. The van der Waals surface area contributed by atoms with Gasteiger partial charge in [-0.15, -0.1) is 0 Å². The van der Waals surface area contributed by atoms with Crippen LogP contribution in [0.2, 0.25) is 0 Å². The smallest absolute Gasteiger partial charge is 0.247 e. The Morgan fingerprint density at radius 3 is 2.71 bits per heavy atom. The molecule has 206 valence electrons. The number of hydrogen-bond donors (Lipinski definition) is 3. The highest BCUT2D eigenvalue weighted by atomic mass is 16.5. The number of carbonyl (C=O) groups excluding carboxylic acids is 2. The van der Waals surface area contributed by atoms with Crippen LogP contribution in [0.15, 0.2) is 35.9 Å².